The van der Waals surface area contributed by atoms with E-state index in [1.165, 1.54) is 0 Å². The molecule has 0 spiro atoms. The van der Waals surface area contributed by atoms with Gasteiger partial charge in [0.15, 0.2) is 0 Å². The Bertz CT molecular complexity index is 311. The molecule has 0 unspecified atom stereocenters. The van der Waals surface area contributed by atoms with Crippen molar-refractivity contribution < 1.29 is 5.11 Å². The summed E-state index contributed by atoms with van der Waals surface area (Å²) in [6.07, 6.45) is 3.97. The standard InChI is InChI=1S/C9H7Br3O/c10-3-1-2-6-4-7(11)9(13)8(12)5-6/h1-2,4-5,13H,3H2. The minimum Gasteiger partial charge on any atom is -0.506 e. The zero-order chi connectivity index (χ0) is 9.84. The first kappa shape index (κ1) is 11.3. The molecule has 1 nitrogen and oxygen atoms in total. The van der Waals surface area contributed by atoms with Crippen LogP contribution >= 0.6 is 47.8 Å². The average Bonchev–Trinajstić information content (AvgIpc) is 2.10. The monoisotopic (exact) mass is 368 g/mol. The lowest BCUT2D eigenvalue weighted by atomic mass is 10.2. The molecule has 0 atom stereocenters. The van der Waals surface area contributed by atoms with Gasteiger partial charge >= 0.3 is 0 Å². The lowest BCUT2D eigenvalue weighted by Crippen LogP contribution is -1.77. The summed E-state index contributed by atoms with van der Waals surface area (Å²) < 4.78 is 1.38. The molecule has 1 N–H and O–H groups in total. The van der Waals surface area contributed by atoms with E-state index in [2.05, 4.69) is 47.8 Å². The minimum absolute atomic E-state index is 0.232. The Balaban J connectivity index is 3.06. The number of alkyl halides is 1. The highest BCUT2D eigenvalue weighted by Gasteiger charge is 2.03. The van der Waals surface area contributed by atoms with Gasteiger partial charge in [-0.1, -0.05) is 28.1 Å². The molecule has 13 heavy (non-hydrogen) atoms. The van der Waals surface area contributed by atoms with Crippen LogP contribution in [0.15, 0.2) is 27.2 Å². The van der Waals surface area contributed by atoms with E-state index < -0.39 is 0 Å². The van der Waals surface area contributed by atoms with Gasteiger partial charge in [0.1, 0.15) is 5.75 Å². The van der Waals surface area contributed by atoms with E-state index in [4.69, 9.17) is 0 Å². The van der Waals surface area contributed by atoms with Crippen molar-refractivity contribution in [3.63, 3.8) is 0 Å². The molecule has 0 saturated carbocycles. The molecule has 1 rings (SSSR count). The lowest BCUT2D eigenvalue weighted by molar-refractivity contribution is 0.468. The van der Waals surface area contributed by atoms with Gasteiger partial charge < -0.3 is 5.11 Å². The predicted molar refractivity (Wildman–Crippen MR) is 66.3 cm³/mol. The van der Waals surface area contributed by atoms with Crippen LogP contribution in [0.2, 0.25) is 0 Å². The molecule has 0 fully saturated rings. The molecule has 0 radical (unpaired) electrons. The highest BCUT2D eigenvalue weighted by molar-refractivity contribution is 9.11. The first-order chi connectivity index (χ1) is 6.15. The van der Waals surface area contributed by atoms with Crippen molar-refractivity contribution in [3.05, 3.63) is 32.7 Å². The second-order valence-electron chi connectivity index (χ2n) is 2.39. The summed E-state index contributed by atoms with van der Waals surface area (Å²) in [5.41, 5.74) is 1.04. The third kappa shape index (κ3) is 3.11. The first-order valence-corrected chi connectivity index (χ1v) is 6.26. The Morgan fingerprint density at radius 1 is 1.23 bits per heavy atom. The molecule has 0 heterocycles. The SMILES string of the molecule is Oc1c(Br)cc(C=CCBr)cc1Br. The van der Waals surface area contributed by atoms with Crippen LogP contribution in [0.4, 0.5) is 0 Å². The van der Waals surface area contributed by atoms with E-state index in [1.54, 1.807) is 0 Å². The van der Waals surface area contributed by atoms with Crippen molar-refractivity contribution in [2.75, 3.05) is 5.33 Å². The minimum atomic E-state index is 0.232. The Morgan fingerprint density at radius 2 is 1.77 bits per heavy atom. The molecular weight excluding hydrogens is 364 g/mol. The number of halogens is 3. The predicted octanol–water partition coefficient (Wildman–Crippen LogP) is 4.33. The normalized spacial score (nSPS) is 11.0. The molecule has 0 aliphatic rings. The number of benzene rings is 1. The van der Waals surface area contributed by atoms with Gasteiger partial charge in [0.25, 0.3) is 0 Å². The number of allylic oxidation sites excluding steroid dienone is 1. The molecule has 0 aromatic heterocycles. The third-order valence-corrected chi connectivity index (χ3v) is 3.02. The number of aromatic hydroxyl groups is 1. The molecule has 70 valence electrons. The quantitative estimate of drug-likeness (QED) is 0.768. The van der Waals surface area contributed by atoms with E-state index >= 15 is 0 Å². The fourth-order valence-corrected chi connectivity index (χ4v) is 2.27. The Labute approximate surface area is 102 Å². The average molecular weight is 371 g/mol. The molecule has 1 aromatic carbocycles. The summed E-state index contributed by atoms with van der Waals surface area (Å²) in [5, 5.41) is 10.3. The number of rotatable bonds is 2. The van der Waals surface area contributed by atoms with Gasteiger partial charge in [0.2, 0.25) is 0 Å². The number of phenols is 1. The molecule has 0 amide bonds. The van der Waals surface area contributed by atoms with Crippen LogP contribution in [0.5, 0.6) is 5.75 Å². The lowest BCUT2D eigenvalue weighted by Gasteiger charge is -2.01. The summed E-state index contributed by atoms with van der Waals surface area (Å²) in [4.78, 5) is 0. The van der Waals surface area contributed by atoms with Gasteiger partial charge in [-0.25, -0.2) is 0 Å². The van der Waals surface area contributed by atoms with E-state index in [0.29, 0.717) is 8.95 Å². The van der Waals surface area contributed by atoms with Crippen molar-refractivity contribution >= 4 is 53.9 Å². The summed E-state index contributed by atoms with van der Waals surface area (Å²) in [5.74, 6) is 0.232. The Hall–Kier alpha value is 0.200. The van der Waals surface area contributed by atoms with Crippen LogP contribution in [-0.4, -0.2) is 10.4 Å². The van der Waals surface area contributed by atoms with E-state index in [0.717, 1.165) is 10.9 Å². The van der Waals surface area contributed by atoms with Crippen LogP contribution < -0.4 is 0 Å². The van der Waals surface area contributed by atoms with E-state index in [-0.39, 0.29) is 5.75 Å². The van der Waals surface area contributed by atoms with E-state index in [1.807, 2.05) is 24.3 Å². The van der Waals surface area contributed by atoms with Gasteiger partial charge in [-0.2, -0.15) is 0 Å². The van der Waals surface area contributed by atoms with Gasteiger partial charge in [0, 0.05) is 5.33 Å². The van der Waals surface area contributed by atoms with Crippen LogP contribution in [0, 0.1) is 0 Å². The van der Waals surface area contributed by atoms with Crippen LogP contribution in [0.1, 0.15) is 5.56 Å². The summed E-state index contributed by atoms with van der Waals surface area (Å²) in [6, 6.07) is 3.72. The fraction of sp³-hybridized carbons (Fsp3) is 0.111. The highest BCUT2D eigenvalue weighted by Crippen LogP contribution is 2.33. The number of hydrogen-bond donors (Lipinski definition) is 1. The van der Waals surface area contributed by atoms with E-state index in [9.17, 15) is 5.11 Å². The van der Waals surface area contributed by atoms with Crippen molar-refractivity contribution in [1.82, 2.24) is 0 Å². The maximum Gasteiger partial charge on any atom is 0.143 e. The third-order valence-electron chi connectivity index (χ3n) is 1.44. The van der Waals surface area contributed by atoms with Crippen molar-refractivity contribution in [2.45, 2.75) is 0 Å². The number of phenolic OH excluding ortho intramolecular Hbond substituents is 1. The van der Waals surface area contributed by atoms with Gasteiger partial charge in [-0.15, -0.1) is 0 Å². The number of hydrogen-bond acceptors (Lipinski definition) is 1. The summed E-state index contributed by atoms with van der Waals surface area (Å²) in [6.45, 7) is 0. The first-order valence-electron chi connectivity index (χ1n) is 3.55. The highest BCUT2D eigenvalue weighted by atomic mass is 79.9. The van der Waals surface area contributed by atoms with Gasteiger partial charge in [0.05, 0.1) is 8.95 Å². The second-order valence-corrected chi connectivity index (χ2v) is 4.75. The maximum absolute atomic E-state index is 9.43. The van der Waals surface area contributed by atoms with Gasteiger partial charge in [-0.3, -0.25) is 0 Å². The second kappa shape index (κ2) is 5.17. The Kier molecular flexibility index (Phi) is 4.49. The van der Waals surface area contributed by atoms with Gasteiger partial charge in [-0.05, 0) is 49.6 Å². The molecule has 1 aromatic rings. The molecule has 0 aliphatic carbocycles. The van der Waals surface area contributed by atoms with Crippen molar-refractivity contribution in [2.24, 2.45) is 0 Å². The smallest absolute Gasteiger partial charge is 0.143 e. The van der Waals surface area contributed by atoms with Crippen molar-refractivity contribution in [1.29, 1.82) is 0 Å². The molecular formula is C9H7Br3O. The maximum atomic E-state index is 9.43. The van der Waals surface area contributed by atoms with Crippen LogP contribution in [0.3, 0.4) is 0 Å². The van der Waals surface area contributed by atoms with Crippen molar-refractivity contribution in [3.8, 4) is 5.75 Å². The molecule has 4 heteroatoms. The summed E-state index contributed by atoms with van der Waals surface area (Å²) >= 11 is 9.83. The molecule has 0 saturated heterocycles. The van der Waals surface area contributed by atoms with Crippen LogP contribution in [0.25, 0.3) is 6.08 Å². The zero-order valence-electron chi connectivity index (χ0n) is 6.60. The fourth-order valence-electron chi connectivity index (χ4n) is 0.862. The zero-order valence-corrected chi connectivity index (χ0v) is 11.4. The molecule has 0 bridgehead atoms. The Morgan fingerprint density at radius 3 is 2.23 bits per heavy atom. The largest absolute Gasteiger partial charge is 0.506 e. The van der Waals surface area contributed by atoms with Crippen LogP contribution in [-0.2, 0) is 0 Å². The topological polar surface area (TPSA) is 20.2 Å². The summed E-state index contributed by atoms with van der Waals surface area (Å²) in [7, 11) is 0. The molecule has 0 aliphatic heterocycles.